The highest BCUT2D eigenvalue weighted by molar-refractivity contribution is 6.04. The van der Waals surface area contributed by atoms with Crippen molar-refractivity contribution < 1.29 is 9.90 Å². The second-order valence-electron chi connectivity index (χ2n) is 6.27. The summed E-state index contributed by atoms with van der Waals surface area (Å²) in [5.41, 5.74) is 6.51. The number of carbonyl (C=O) groups excluding carboxylic acids is 1. The largest absolute Gasteiger partial charge is 0.395 e. The average Bonchev–Trinajstić information content (AvgIpc) is 2.44. The molecule has 1 unspecified atom stereocenters. The molecule has 0 saturated carbocycles. The Kier molecular flexibility index (Phi) is 5.70. The van der Waals surface area contributed by atoms with Gasteiger partial charge in [0.15, 0.2) is 5.78 Å². The van der Waals surface area contributed by atoms with E-state index in [0.717, 1.165) is 5.69 Å². The molecule has 0 saturated heterocycles. The van der Waals surface area contributed by atoms with Crippen LogP contribution in [0.15, 0.2) is 36.9 Å². The maximum atomic E-state index is 12.8. The summed E-state index contributed by atoms with van der Waals surface area (Å²) in [6.07, 6.45) is 2.13. The van der Waals surface area contributed by atoms with Crippen LogP contribution in [0.5, 0.6) is 0 Å². The van der Waals surface area contributed by atoms with E-state index in [1.54, 1.807) is 18.2 Å². The van der Waals surface area contributed by atoms with Crippen LogP contribution in [0.3, 0.4) is 0 Å². The molecule has 0 aliphatic heterocycles. The zero-order valence-electron chi connectivity index (χ0n) is 13.1. The van der Waals surface area contributed by atoms with Crippen molar-refractivity contribution in [1.29, 1.82) is 0 Å². The van der Waals surface area contributed by atoms with Crippen molar-refractivity contribution in [3.05, 3.63) is 42.5 Å². The molecule has 1 aromatic rings. The molecule has 0 heterocycles. The minimum Gasteiger partial charge on any atom is -0.395 e. The Morgan fingerprint density at radius 3 is 2.33 bits per heavy atom. The van der Waals surface area contributed by atoms with Crippen LogP contribution in [-0.2, 0) is 0 Å². The quantitative estimate of drug-likeness (QED) is 0.533. The van der Waals surface area contributed by atoms with E-state index >= 15 is 0 Å². The van der Waals surface area contributed by atoms with Gasteiger partial charge in [0, 0.05) is 17.8 Å². The van der Waals surface area contributed by atoms with Crippen molar-refractivity contribution in [3.63, 3.8) is 0 Å². The van der Waals surface area contributed by atoms with Gasteiger partial charge in [-0.05, 0) is 36.1 Å². The molecule has 116 valence electrons. The number of nitrogens with one attached hydrogen (secondary N) is 1. The Labute approximate surface area is 127 Å². The number of anilines is 1. The van der Waals surface area contributed by atoms with Gasteiger partial charge >= 0.3 is 0 Å². The van der Waals surface area contributed by atoms with E-state index in [1.165, 1.54) is 0 Å². The molecule has 21 heavy (non-hydrogen) atoms. The van der Waals surface area contributed by atoms with Crippen molar-refractivity contribution in [2.24, 2.45) is 11.1 Å². The molecule has 1 aromatic carbocycles. The van der Waals surface area contributed by atoms with Gasteiger partial charge in [-0.3, -0.25) is 4.79 Å². The van der Waals surface area contributed by atoms with Crippen LogP contribution in [-0.4, -0.2) is 29.6 Å². The van der Waals surface area contributed by atoms with Crippen molar-refractivity contribution in [2.75, 3.05) is 18.5 Å². The first kappa shape index (κ1) is 17.4. The highest BCUT2D eigenvalue weighted by Crippen LogP contribution is 2.34. The number of aliphatic hydroxyl groups excluding tert-OH is 1. The Morgan fingerprint density at radius 1 is 1.33 bits per heavy atom. The summed E-state index contributed by atoms with van der Waals surface area (Å²) in [5.74, 6) is -0.0800. The molecular formula is C17H26N2O2. The predicted octanol–water partition coefficient (Wildman–Crippen LogP) is 2.59. The molecule has 1 atom stereocenters. The molecule has 4 nitrogen and oxygen atoms in total. The third-order valence-electron chi connectivity index (χ3n) is 3.80. The molecule has 0 spiro atoms. The number of benzene rings is 1. The molecule has 0 bridgehead atoms. The van der Waals surface area contributed by atoms with Crippen molar-refractivity contribution in [1.82, 2.24) is 0 Å². The predicted molar refractivity (Wildman–Crippen MR) is 87.5 cm³/mol. The number of rotatable bonds is 7. The summed E-state index contributed by atoms with van der Waals surface area (Å²) >= 11 is 0. The van der Waals surface area contributed by atoms with E-state index in [4.69, 9.17) is 10.8 Å². The molecule has 1 rings (SSSR count). The smallest absolute Gasteiger partial charge is 0.183 e. The van der Waals surface area contributed by atoms with Crippen LogP contribution in [0.2, 0.25) is 0 Å². The van der Waals surface area contributed by atoms with Gasteiger partial charge in [-0.15, -0.1) is 6.58 Å². The van der Waals surface area contributed by atoms with E-state index in [-0.39, 0.29) is 17.8 Å². The van der Waals surface area contributed by atoms with Gasteiger partial charge in [-0.25, -0.2) is 0 Å². The average molecular weight is 290 g/mol. The molecular weight excluding hydrogens is 264 g/mol. The van der Waals surface area contributed by atoms with Crippen LogP contribution in [0.4, 0.5) is 5.69 Å². The van der Waals surface area contributed by atoms with Gasteiger partial charge in [-0.1, -0.05) is 26.8 Å². The lowest BCUT2D eigenvalue weighted by atomic mass is 9.68. The zero-order chi connectivity index (χ0) is 16.1. The lowest BCUT2D eigenvalue weighted by Gasteiger charge is -2.39. The minimum atomic E-state index is -0.977. The van der Waals surface area contributed by atoms with Crippen molar-refractivity contribution in [3.8, 4) is 0 Å². The van der Waals surface area contributed by atoms with Crippen LogP contribution >= 0.6 is 0 Å². The lowest BCUT2D eigenvalue weighted by molar-refractivity contribution is 0.0751. The summed E-state index contributed by atoms with van der Waals surface area (Å²) < 4.78 is 0. The van der Waals surface area contributed by atoms with Gasteiger partial charge < -0.3 is 16.2 Å². The minimum absolute atomic E-state index is 0.0654. The summed E-state index contributed by atoms with van der Waals surface area (Å²) in [7, 11) is 0. The standard InChI is InChI=1S/C17H26N2O2/c1-5-10-17(18,16(2,3)4)15(21)13-6-8-14(9-7-13)19-11-12-20/h5-9,19-20H,1,10-12,18H2,2-4H3. The van der Waals surface area contributed by atoms with E-state index in [0.29, 0.717) is 18.5 Å². The van der Waals surface area contributed by atoms with Crippen LogP contribution in [0, 0.1) is 5.41 Å². The maximum Gasteiger partial charge on any atom is 0.183 e. The number of nitrogens with two attached hydrogens (primary N) is 1. The Balaban J connectivity index is 3.02. The second kappa shape index (κ2) is 6.87. The van der Waals surface area contributed by atoms with Crippen LogP contribution in [0.1, 0.15) is 37.6 Å². The molecule has 0 amide bonds. The van der Waals surface area contributed by atoms with E-state index < -0.39 is 5.54 Å². The number of carbonyl (C=O) groups is 1. The van der Waals surface area contributed by atoms with Crippen molar-refractivity contribution in [2.45, 2.75) is 32.7 Å². The first-order valence-electron chi connectivity index (χ1n) is 7.15. The number of aliphatic hydroxyl groups is 1. The fourth-order valence-corrected chi connectivity index (χ4v) is 2.16. The fourth-order valence-electron chi connectivity index (χ4n) is 2.16. The molecule has 0 aliphatic rings. The molecule has 0 aromatic heterocycles. The fraction of sp³-hybridized carbons (Fsp3) is 0.471. The van der Waals surface area contributed by atoms with Crippen LogP contribution in [0.25, 0.3) is 0 Å². The molecule has 0 radical (unpaired) electrons. The van der Waals surface area contributed by atoms with Gasteiger partial charge in [-0.2, -0.15) is 0 Å². The highest BCUT2D eigenvalue weighted by atomic mass is 16.3. The third kappa shape index (κ3) is 3.93. The summed E-state index contributed by atoms with van der Waals surface area (Å²) in [4.78, 5) is 12.8. The summed E-state index contributed by atoms with van der Waals surface area (Å²) in [6, 6.07) is 7.16. The van der Waals surface area contributed by atoms with Gasteiger partial charge in [0.2, 0.25) is 0 Å². The monoisotopic (exact) mass is 290 g/mol. The Morgan fingerprint density at radius 2 is 1.90 bits per heavy atom. The van der Waals surface area contributed by atoms with E-state index in [1.807, 2.05) is 32.9 Å². The topological polar surface area (TPSA) is 75.4 Å². The SMILES string of the molecule is C=CCC(N)(C(=O)c1ccc(NCCO)cc1)C(C)(C)C. The summed E-state index contributed by atoms with van der Waals surface area (Å²) in [5, 5.41) is 11.8. The normalized spacial score (nSPS) is 14.3. The molecule has 0 aliphatic carbocycles. The van der Waals surface area contributed by atoms with Crippen LogP contribution < -0.4 is 11.1 Å². The number of hydrogen-bond acceptors (Lipinski definition) is 4. The number of hydrogen-bond donors (Lipinski definition) is 3. The van der Waals surface area contributed by atoms with Crippen molar-refractivity contribution >= 4 is 11.5 Å². The molecule has 0 fully saturated rings. The van der Waals surface area contributed by atoms with Gasteiger partial charge in [0.25, 0.3) is 0 Å². The summed E-state index contributed by atoms with van der Waals surface area (Å²) in [6.45, 7) is 10.2. The maximum absolute atomic E-state index is 12.8. The van der Waals surface area contributed by atoms with E-state index in [2.05, 4.69) is 11.9 Å². The van der Waals surface area contributed by atoms with Gasteiger partial charge in [0.1, 0.15) is 0 Å². The third-order valence-corrected chi connectivity index (χ3v) is 3.80. The Hall–Kier alpha value is -1.65. The Bertz CT molecular complexity index is 489. The molecule has 4 heteroatoms. The van der Waals surface area contributed by atoms with Gasteiger partial charge in [0.05, 0.1) is 12.1 Å². The number of Topliss-reactive ketones (excluding diaryl/α,β-unsaturated/α-hetero) is 1. The second-order valence-corrected chi connectivity index (χ2v) is 6.27. The first-order chi connectivity index (χ1) is 9.76. The van der Waals surface area contributed by atoms with E-state index in [9.17, 15) is 4.79 Å². The molecule has 4 N–H and O–H groups in total. The first-order valence-corrected chi connectivity index (χ1v) is 7.15. The number of ketones is 1. The lowest BCUT2D eigenvalue weighted by Crippen LogP contribution is -2.57. The highest BCUT2D eigenvalue weighted by Gasteiger charge is 2.44. The zero-order valence-corrected chi connectivity index (χ0v) is 13.1.